The number of amides is 2. The number of ketones is 2. The van der Waals surface area contributed by atoms with E-state index in [2.05, 4.69) is 0 Å². The molecule has 2 heterocycles. The number of halogens is 4. The molecular formula is C27H15ClF3NO5. The van der Waals surface area contributed by atoms with Crippen molar-refractivity contribution in [3.8, 4) is 0 Å². The van der Waals surface area contributed by atoms with E-state index in [4.69, 9.17) is 16.3 Å². The molecule has 2 aliphatic heterocycles. The maximum atomic E-state index is 13.9. The number of hydrogen-bond donors (Lipinski definition) is 0. The van der Waals surface area contributed by atoms with Crippen molar-refractivity contribution in [1.82, 2.24) is 0 Å². The first-order valence-electron chi connectivity index (χ1n) is 11.2. The number of Topliss-reactive ketones (excluding diaryl/α,β-unsaturated/α-hetero) is 2. The molecule has 37 heavy (non-hydrogen) atoms. The molecule has 6 rings (SSSR count). The Balaban J connectivity index is 1.55. The van der Waals surface area contributed by atoms with Crippen LogP contribution in [0.2, 0.25) is 5.02 Å². The number of benzene rings is 3. The summed E-state index contributed by atoms with van der Waals surface area (Å²) < 4.78 is 46.5. The van der Waals surface area contributed by atoms with Crippen LogP contribution < -0.4 is 4.90 Å². The summed E-state index contributed by atoms with van der Waals surface area (Å²) in [5, 5.41) is -0.270. The molecule has 0 aromatic heterocycles. The van der Waals surface area contributed by atoms with Crippen molar-refractivity contribution >= 4 is 40.7 Å². The summed E-state index contributed by atoms with van der Waals surface area (Å²) in [4.78, 5) is 55.6. The molecule has 0 unspecified atom stereocenters. The lowest BCUT2D eigenvalue weighted by atomic mass is 9.77. The minimum atomic E-state index is -4.77. The predicted octanol–water partition coefficient (Wildman–Crippen LogP) is 5.05. The first-order valence-corrected chi connectivity index (χ1v) is 11.6. The average Bonchev–Trinajstić information content (AvgIpc) is 3.44. The van der Waals surface area contributed by atoms with Crippen LogP contribution in [0.15, 0.2) is 72.8 Å². The Labute approximate surface area is 212 Å². The van der Waals surface area contributed by atoms with Gasteiger partial charge in [-0.25, -0.2) is 4.90 Å². The number of nitrogens with zero attached hydrogens (tertiary/aromatic N) is 1. The van der Waals surface area contributed by atoms with Gasteiger partial charge >= 0.3 is 6.18 Å². The molecule has 2 saturated heterocycles. The zero-order valence-corrected chi connectivity index (χ0v) is 19.4. The van der Waals surface area contributed by atoms with Gasteiger partial charge in [0.2, 0.25) is 29.0 Å². The van der Waals surface area contributed by atoms with Gasteiger partial charge in [-0.1, -0.05) is 66.2 Å². The molecule has 3 aromatic carbocycles. The van der Waals surface area contributed by atoms with E-state index in [1.54, 1.807) is 42.5 Å². The molecule has 3 aliphatic rings. The lowest BCUT2D eigenvalue weighted by Crippen LogP contribution is -2.51. The van der Waals surface area contributed by atoms with Crippen LogP contribution in [0.3, 0.4) is 0 Å². The van der Waals surface area contributed by atoms with Crippen LogP contribution in [0, 0.1) is 11.8 Å². The normalized spacial score (nSPS) is 24.2. The van der Waals surface area contributed by atoms with Crippen molar-refractivity contribution in [2.45, 2.75) is 17.9 Å². The van der Waals surface area contributed by atoms with Crippen molar-refractivity contribution in [2.75, 3.05) is 4.90 Å². The Morgan fingerprint density at radius 1 is 0.811 bits per heavy atom. The van der Waals surface area contributed by atoms with Gasteiger partial charge in [0, 0.05) is 11.1 Å². The molecule has 2 amide bonds. The van der Waals surface area contributed by atoms with Gasteiger partial charge in [0.1, 0.15) is 0 Å². The van der Waals surface area contributed by atoms with Crippen molar-refractivity contribution in [3.63, 3.8) is 0 Å². The minimum absolute atomic E-state index is 0.0516. The van der Waals surface area contributed by atoms with Crippen molar-refractivity contribution in [3.05, 3.63) is 100 Å². The van der Waals surface area contributed by atoms with Crippen LogP contribution in [0.1, 0.15) is 37.9 Å². The number of anilines is 1. The zero-order chi connectivity index (χ0) is 26.3. The summed E-state index contributed by atoms with van der Waals surface area (Å²) >= 11 is 6.17. The number of alkyl halides is 3. The van der Waals surface area contributed by atoms with Gasteiger partial charge in [0.25, 0.3) is 0 Å². The maximum absolute atomic E-state index is 13.9. The molecule has 0 N–H and O–H groups in total. The van der Waals surface area contributed by atoms with E-state index in [0.717, 1.165) is 12.1 Å². The largest absolute Gasteiger partial charge is 0.416 e. The maximum Gasteiger partial charge on any atom is 0.416 e. The minimum Gasteiger partial charge on any atom is -0.349 e. The fraction of sp³-hybridized carbons (Fsp3) is 0.185. The Morgan fingerprint density at radius 2 is 1.41 bits per heavy atom. The first kappa shape index (κ1) is 23.6. The number of ether oxygens (including phenoxy) is 1. The fourth-order valence-electron chi connectivity index (χ4n) is 5.56. The fourth-order valence-corrected chi connectivity index (χ4v) is 5.76. The van der Waals surface area contributed by atoms with E-state index in [1.807, 2.05) is 0 Å². The molecule has 0 radical (unpaired) electrons. The lowest BCUT2D eigenvalue weighted by Gasteiger charge is -2.27. The highest BCUT2D eigenvalue weighted by Crippen LogP contribution is 2.58. The van der Waals surface area contributed by atoms with E-state index >= 15 is 0 Å². The molecule has 3 atom stereocenters. The average molecular weight is 526 g/mol. The number of carbonyl (C=O) groups excluding carboxylic acids is 4. The molecule has 1 spiro atoms. The van der Waals surface area contributed by atoms with Crippen molar-refractivity contribution < 1.29 is 37.1 Å². The van der Waals surface area contributed by atoms with E-state index in [0.29, 0.717) is 16.5 Å². The van der Waals surface area contributed by atoms with Crippen LogP contribution in [0.25, 0.3) is 0 Å². The predicted molar refractivity (Wildman–Crippen MR) is 124 cm³/mol. The second kappa shape index (κ2) is 7.84. The van der Waals surface area contributed by atoms with E-state index in [-0.39, 0.29) is 16.1 Å². The molecule has 186 valence electrons. The highest BCUT2D eigenvalue weighted by molar-refractivity contribution is 6.39. The SMILES string of the molecule is O=C1[C@H]2[C@@H](c3ccccc3)OC3(C(=O)c4ccccc4C3=O)[C@@H]2C(=O)N1c1cc(C(F)(F)F)ccc1Cl. The molecule has 0 bridgehead atoms. The Hall–Kier alpha value is -3.82. The number of carbonyl (C=O) groups is 4. The summed E-state index contributed by atoms with van der Waals surface area (Å²) in [5.74, 6) is -6.40. The van der Waals surface area contributed by atoms with Crippen LogP contribution in [-0.4, -0.2) is 29.0 Å². The van der Waals surface area contributed by atoms with Gasteiger partial charge in [-0.15, -0.1) is 0 Å². The summed E-state index contributed by atoms with van der Waals surface area (Å²) in [6, 6.07) is 16.5. The number of hydrogen-bond acceptors (Lipinski definition) is 5. The second-order valence-corrected chi connectivity index (χ2v) is 9.48. The molecular weight excluding hydrogens is 511 g/mol. The van der Waals surface area contributed by atoms with Crippen LogP contribution in [0.4, 0.5) is 18.9 Å². The number of imide groups is 1. The highest BCUT2D eigenvalue weighted by Gasteiger charge is 2.74. The van der Waals surface area contributed by atoms with E-state index in [9.17, 15) is 32.3 Å². The third kappa shape index (κ3) is 3.10. The second-order valence-electron chi connectivity index (χ2n) is 9.07. The van der Waals surface area contributed by atoms with Crippen LogP contribution >= 0.6 is 11.6 Å². The standard InChI is InChI=1S/C27H15ClF3NO5/c28-17-11-10-14(27(29,30)31)12-18(17)32-24(35)19-20(25(32)36)26(37-21(19)13-6-2-1-3-7-13)22(33)15-8-4-5-9-16(15)23(26)34/h1-12,19-21H/t19-,20+,21-/m1/s1. The lowest BCUT2D eigenvalue weighted by molar-refractivity contribution is -0.137. The molecule has 3 aromatic rings. The molecule has 1 aliphatic carbocycles. The summed E-state index contributed by atoms with van der Waals surface area (Å²) in [6.45, 7) is 0. The Bertz CT molecular complexity index is 1480. The van der Waals surface area contributed by atoms with E-state index < -0.39 is 64.3 Å². The molecule has 6 nitrogen and oxygen atoms in total. The quantitative estimate of drug-likeness (QED) is 0.345. The zero-order valence-electron chi connectivity index (χ0n) is 18.7. The molecule has 10 heteroatoms. The third-order valence-electron chi connectivity index (χ3n) is 7.16. The monoisotopic (exact) mass is 525 g/mol. The highest BCUT2D eigenvalue weighted by atomic mass is 35.5. The van der Waals surface area contributed by atoms with Gasteiger partial charge in [0.05, 0.1) is 34.2 Å². The topological polar surface area (TPSA) is 80.8 Å². The summed E-state index contributed by atoms with van der Waals surface area (Å²) in [6.07, 6.45) is -5.95. The van der Waals surface area contributed by atoms with Crippen molar-refractivity contribution in [2.24, 2.45) is 11.8 Å². The Morgan fingerprint density at radius 3 is 2.00 bits per heavy atom. The van der Waals surface area contributed by atoms with Gasteiger partial charge < -0.3 is 4.74 Å². The van der Waals surface area contributed by atoms with Gasteiger partial charge in [-0.2, -0.15) is 13.2 Å². The summed E-state index contributed by atoms with van der Waals surface area (Å²) in [5.41, 5.74) is -3.38. The Kier molecular flexibility index (Phi) is 4.99. The van der Waals surface area contributed by atoms with Crippen LogP contribution in [-0.2, 0) is 20.5 Å². The molecule has 0 saturated carbocycles. The first-order chi connectivity index (χ1) is 17.6. The van der Waals surface area contributed by atoms with E-state index in [1.165, 1.54) is 12.1 Å². The van der Waals surface area contributed by atoms with Crippen LogP contribution in [0.5, 0.6) is 0 Å². The van der Waals surface area contributed by atoms with Gasteiger partial charge in [-0.3, -0.25) is 19.2 Å². The van der Waals surface area contributed by atoms with Gasteiger partial charge in [0.15, 0.2) is 0 Å². The number of rotatable bonds is 2. The third-order valence-corrected chi connectivity index (χ3v) is 7.48. The molecule has 2 fully saturated rings. The smallest absolute Gasteiger partial charge is 0.349 e. The summed E-state index contributed by atoms with van der Waals surface area (Å²) in [7, 11) is 0. The van der Waals surface area contributed by atoms with Gasteiger partial charge in [-0.05, 0) is 23.8 Å². The number of fused-ring (bicyclic) bond motifs is 3. The van der Waals surface area contributed by atoms with Crippen molar-refractivity contribution in [1.29, 1.82) is 0 Å².